The van der Waals surface area contributed by atoms with E-state index < -0.39 is 0 Å². The van der Waals surface area contributed by atoms with Crippen LogP contribution in [0.5, 0.6) is 0 Å². The van der Waals surface area contributed by atoms with Gasteiger partial charge in [-0.1, -0.05) is 98.1 Å². The fourth-order valence-corrected chi connectivity index (χ4v) is 3.23. The maximum Gasteiger partial charge on any atom is -0.0172 e. The van der Waals surface area contributed by atoms with Gasteiger partial charge in [-0.3, -0.25) is 0 Å². The molecule has 0 amide bonds. The lowest BCUT2D eigenvalue weighted by Gasteiger charge is -2.10. The molecule has 0 heterocycles. The Morgan fingerprint density at radius 2 is 0.846 bits per heavy atom. The number of hydrogen-bond acceptors (Lipinski definition) is 0. The van der Waals surface area contributed by atoms with Crippen LogP contribution in [0.2, 0.25) is 0 Å². The summed E-state index contributed by atoms with van der Waals surface area (Å²) in [6, 6.07) is 33.7. The molecule has 4 rings (SSSR count). The van der Waals surface area contributed by atoms with Gasteiger partial charge < -0.3 is 0 Å². The smallest absolute Gasteiger partial charge is 0.0172 e. The molecule has 0 saturated heterocycles. The predicted octanol–water partition coefficient (Wildman–Crippen LogP) is 6.96. The predicted molar refractivity (Wildman–Crippen MR) is 113 cm³/mol. The molecule has 0 spiro atoms. The number of fused-ring (bicyclic) bond motifs is 1. The molecule has 0 saturated carbocycles. The topological polar surface area (TPSA) is 0 Å². The van der Waals surface area contributed by atoms with Crippen LogP contribution in [0.15, 0.2) is 110 Å². The first-order chi connectivity index (χ1) is 12.7. The van der Waals surface area contributed by atoms with Crippen molar-refractivity contribution in [3.05, 3.63) is 132 Å². The number of benzene rings is 4. The average molecular weight is 332 g/mol. The van der Waals surface area contributed by atoms with Crippen molar-refractivity contribution in [1.82, 2.24) is 0 Å². The molecular weight excluding hydrogens is 312 g/mol. The SMILES string of the molecule is C=C(c1ccccc1)c1ccc2ccc(C(=C)c3ccccc3)cc2c1. The van der Waals surface area contributed by atoms with Crippen LogP contribution in [0.1, 0.15) is 22.3 Å². The molecule has 0 unspecified atom stereocenters. The first-order valence-electron chi connectivity index (χ1n) is 8.75. The summed E-state index contributed by atoms with van der Waals surface area (Å²) < 4.78 is 0. The van der Waals surface area contributed by atoms with Crippen LogP contribution < -0.4 is 0 Å². The average Bonchev–Trinajstić information content (AvgIpc) is 2.73. The Labute approximate surface area is 154 Å². The van der Waals surface area contributed by atoms with Gasteiger partial charge in [0, 0.05) is 0 Å². The van der Waals surface area contributed by atoms with Crippen LogP contribution in [0.4, 0.5) is 0 Å². The Morgan fingerprint density at radius 3 is 1.27 bits per heavy atom. The van der Waals surface area contributed by atoms with Crippen molar-refractivity contribution < 1.29 is 0 Å². The molecule has 0 radical (unpaired) electrons. The van der Waals surface area contributed by atoms with Gasteiger partial charge in [-0.25, -0.2) is 0 Å². The molecule has 0 nitrogen and oxygen atoms in total. The third-order valence-corrected chi connectivity index (χ3v) is 4.78. The normalized spacial score (nSPS) is 10.6. The Morgan fingerprint density at radius 1 is 0.423 bits per heavy atom. The number of hydrogen-bond donors (Lipinski definition) is 0. The van der Waals surface area contributed by atoms with Gasteiger partial charge in [0.15, 0.2) is 0 Å². The van der Waals surface area contributed by atoms with Gasteiger partial charge in [-0.15, -0.1) is 0 Å². The fourth-order valence-electron chi connectivity index (χ4n) is 3.23. The van der Waals surface area contributed by atoms with E-state index in [1.807, 2.05) is 36.4 Å². The fraction of sp³-hybridized carbons (Fsp3) is 0. The second-order valence-corrected chi connectivity index (χ2v) is 6.47. The zero-order chi connectivity index (χ0) is 17.9. The van der Waals surface area contributed by atoms with Crippen molar-refractivity contribution >= 4 is 21.9 Å². The van der Waals surface area contributed by atoms with Crippen LogP contribution >= 0.6 is 0 Å². The monoisotopic (exact) mass is 332 g/mol. The first kappa shape index (κ1) is 16.1. The highest BCUT2D eigenvalue weighted by atomic mass is 14.1. The zero-order valence-corrected chi connectivity index (χ0v) is 14.7. The molecule has 124 valence electrons. The summed E-state index contributed by atoms with van der Waals surface area (Å²) in [7, 11) is 0. The minimum absolute atomic E-state index is 1.04. The van der Waals surface area contributed by atoms with Crippen molar-refractivity contribution in [3.8, 4) is 0 Å². The minimum Gasteiger partial charge on any atom is -0.0906 e. The van der Waals surface area contributed by atoms with Crippen molar-refractivity contribution in [2.75, 3.05) is 0 Å². The molecule has 0 aromatic heterocycles. The molecule has 0 aliphatic rings. The molecule has 26 heavy (non-hydrogen) atoms. The van der Waals surface area contributed by atoms with Gasteiger partial charge in [0.2, 0.25) is 0 Å². The Bertz CT molecular complexity index is 1000. The lowest BCUT2D eigenvalue weighted by Crippen LogP contribution is -1.89. The molecule has 4 aromatic rings. The van der Waals surface area contributed by atoms with Crippen molar-refractivity contribution in [1.29, 1.82) is 0 Å². The van der Waals surface area contributed by atoms with Gasteiger partial charge >= 0.3 is 0 Å². The maximum atomic E-state index is 4.29. The van der Waals surface area contributed by atoms with E-state index in [4.69, 9.17) is 0 Å². The van der Waals surface area contributed by atoms with E-state index in [0.29, 0.717) is 0 Å². The van der Waals surface area contributed by atoms with Crippen molar-refractivity contribution in [2.45, 2.75) is 0 Å². The Balaban J connectivity index is 1.74. The zero-order valence-electron chi connectivity index (χ0n) is 14.7. The van der Waals surface area contributed by atoms with Crippen LogP contribution in [0.3, 0.4) is 0 Å². The highest BCUT2D eigenvalue weighted by Gasteiger charge is 2.06. The van der Waals surface area contributed by atoms with Crippen LogP contribution in [-0.4, -0.2) is 0 Å². The highest BCUT2D eigenvalue weighted by molar-refractivity contribution is 5.92. The van der Waals surface area contributed by atoms with Gasteiger partial charge in [-0.05, 0) is 56.3 Å². The van der Waals surface area contributed by atoms with Gasteiger partial charge in [0.25, 0.3) is 0 Å². The van der Waals surface area contributed by atoms with E-state index in [0.717, 1.165) is 33.4 Å². The molecule has 0 aliphatic heterocycles. The Kier molecular flexibility index (Phi) is 4.25. The summed E-state index contributed by atoms with van der Waals surface area (Å²) in [5.74, 6) is 0. The summed E-state index contributed by atoms with van der Waals surface area (Å²) in [6.07, 6.45) is 0. The van der Waals surface area contributed by atoms with Crippen molar-refractivity contribution in [3.63, 3.8) is 0 Å². The third kappa shape index (κ3) is 3.10. The highest BCUT2D eigenvalue weighted by Crippen LogP contribution is 2.28. The van der Waals surface area contributed by atoms with E-state index in [-0.39, 0.29) is 0 Å². The van der Waals surface area contributed by atoms with Crippen LogP contribution in [-0.2, 0) is 0 Å². The molecule has 0 atom stereocenters. The summed E-state index contributed by atoms with van der Waals surface area (Å²) in [4.78, 5) is 0. The second-order valence-electron chi connectivity index (χ2n) is 6.47. The molecule has 0 aliphatic carbocycles. The lowest BCUT2D eigenvalue weighted by atomic mass is 9.94. The maximum absolute atomic E-state index is 4.29. The van der Waals surface area contributed by atoms with Gasteiger partial charge in [-0.2, -0.15) is 0 Å². The summed E-state index contributed by atoms with van der Waals surface area (Å²) >= 11 is 0. The molecule has 4 aromatic carbocycles. The minimum atomic E-state index is 1.04. The largest absolute Gasteiger partial charge is 0.0906 e. The van der Waals surface area contributed by atoms with Crippen LogP contribution in [0.25, 0.3) is 21.9 Å². The molecule has 0 N–H and O–H groups in total. The molecular formula is C26H20. The Hall–Kier alpha value is -3.38. The van der Waals surface area contributed by atoms with Crippen molar-refractivity contribution in [2.24, 2.45) is 0 Å². The second kappa shape index (κ2) is 6.85. The molecule has 0 bridgehead atoms. The third-order valence-electron chi connectivity index (χ3n) is 4.78. The molecule has 0 heteroatoms. The van der Waals surface area contributed by atoms with E-state index in [1.165, 1.54) is 10.8 Å². The lowest BCUT2D eigenvalue weighted by molar-refractivity contribution is 1.56. The first-order valence-corrected chi connectivity index (χ1v) is 8.75. The van der Waals surface area contributed by atoms with E-state index in [9.17, 15) is 0 Å². The number of rotatable bonds is 4. The van der Waals surface area contributed by atoms with Gasteiger partial charge in [0.05, 0.1) is 0 Å². The molecule has 0 fully saturated rings. The summed E-state index contributed by atoms with van der Waals surface area (Å²) in [5, 5.41) is 2.42. The van der Waals surface area contributed by atoms with Crippen LogP contribution in [0, 0.1) is 0 Å². The van der Waals surface area contributed by atoms with Gasteiger partial charge in [0.1, 0.15) is 0 Å². The van der Waals surface area contributed by atoms with E-state index in [2.05, 4.69) is 73.8 Å². The summed E-state index contributed by atoms with van der Waals surface area (Å²) in [6.45, 7) is 8.58. The van der Waals surface area contributed by atoms with E-state index >= 15 is 0 Å². The van der Waals surface area contributed by atoms with E-state index in [1.54, 1.807) is 0 Å². The standard InChI is InChI=1S/C26H20/c1-19(21-9-5-3-6-10-21)24-15-13-23-14-16-25(18-26(23)17-24)20(2)22-11-7-4-8-12-22/h3-18H,1-2H2. The quantitative estimate of drug-likeness (QED) is 0.379. The summed E-state index contributed by atoms with van der Waals surface area (Å²) in [5.41, 5.74) is 6.67.